The summed E-state index contributed by atoms with van der Waals surface area (Å²) in [5, 5.41) is 9.98. The van der Waals surface area contributed by atoms with E-state index in [4.69, 9.17) is 14.5 Å². The van der Waals surface area contributed by atoms with E-state index in [1.807, 2.05) is 67.6 Å². The molecule has 1 heterocycles. The number of para-hydroxylation sites is 1. The average molecular weight is 503 g/mol. The second-order valence-electron chi connectivity index (χ2n) is 8.13. The zero-order valence-electron chi connectivity index (χ0n) is 20.3. The first-order valence-corrected chi connectivity index (χ1v) is 13.6. The third kappa shape index (κ3) is 6.73. The molecule has 0 saturated heterocycles. The molecule has 0 fully saturated rings. The van der Waals surface area contributed by atoms with Gasteiger partial charge in [0.05, 0.1) is 16.3 Å². The number of benzene rings is 3. The normalized spacial score (nSPS) is 12.4. The molecule has 8 nitrogen and oxygen atoms in total. The Morgan fingerprint density at radius 1 is 0.917 bits per heavy atom. The van der Waals surface area contributed by atoms with E-state index in [1.54, 1.807) is 24.4 Å². The van der Waals surface area contributed by atoms with Crippen LogP contribution in [0.2, 0.25) is 0 Å². The van der Waals surface area contributed by atoms with Gasteiger partial charge in [0.25, 0.3) is 0 Å². The Morgan fingerprint density at radius 3 is 2.36 bits per heavy atom. The largest absolute Gasteiger partial charge is 0.494 e. The summed E-state index contributed by atoms with van der Waals surface area (Å²) in [6.45, 7) is 3.91. The Balaban J connectivity index is 1.56. The molecule has 0 spiro atoms. The van der Waals surface area contributed by atoms with E-state index >= 15 is 0 Å². The Kier molecular flexibility index (Phi) is 8.02. The molecule has 0 saturated carbocycles. The van der Waals surface area contributed by atoms with Gasteiger partial charge >= 0.3 is 0 Å². The predicted octanol–water partition coefficient (Wildman–Crippen LogP) is 5.85. The Labute approximate surface area is 212 Å². The number of aromatic nitrogens is 2. The van der Waals surface area contributed by atoms with Crippen LogP contribution in [0.15, 0.2) is 90.0 Å². The molecule has 0 aliphatic heterocycles. The number of nitrogens with zero attached hydrogens (tertiary/aromatic N) is 2. The minimum atomic E-state index is -2.82. The van der Waals surface area contributed by atoms with E-state index in [9.17, 15) is 4.21 Å². The highest BCUT2D eigenvalue weighted by atomic mass is 32.2. The van der Waals surface area contributed by atoms with Crippen LogP contribution in [0.4, 0.5) is 23.1 Å². The Hall–Kier alpha value is -4.11. The number of anilines is 4. The summed E-state index contributed by atoms with van der Waals surface area (Å²) in [6.07, 6.45) is 3.18. The summed E-state index contributed by atoms with van der Waals surface area (Å²) in [6, 6.07) is 24.8. The molecular formula is C27H30N6O2S. The topological polar surface area (TPSA) is 112 Å². The predicted molar refractivity (Wildman–Crippen MR) is 147 cm³/mol. The summed E-state index contributed by atoms with van der Waals surface area (Å²) >= 11 is 0. The van der Waals surface area contributed by atoms with Crippen molar-refractivity contribution >= 4 is 32.9 Å². The van der Waals surface area contributed by atoms with E-state index < -0.39 is 9.73 Å². The van der Waals surface area contributed by atoms with Gasteiger partial charge in [0, 0.05) is 47.4 Å². The van der Waals surface area contributed by atoms with Crippen LogP contribution < -0.4 is 20.7 Å². The van der Waals surface area contributed by atoms with Crippen LogP contribution in [-0.4, -0.2) is 40.1 Å². The van der Waals surface area contributed by atoms with Gasteiger partial charge in [-0.25, -0.2) is 14.0 Å². The van der Waals surface area contributed by atoms with Gasteiger partial charge in [-0.15, -0.1) is 0 Å². The summed E-state index contributed by atoms with van der Waals surface area (Å²) in [5.74, 6) is 1.89. The van der Waals surface area contributed by atoms with Gasteiger partial charge in [-0.1, -0.05) is 36.4 Å². The summed E-state index contributed by atoms with van der Waals surface area (Å²) in [4.78, 5) is 9.69. The Bertz CT molecular complexity index is 1390. The monoisotopic (exact) mass is 502 g/mol. The van der Waals surface area contributed by atoms with E-state index in [0.29, 0.717) is 42.0 Å². The molecule has 0 amide bonds. The summed E-state index contributed by atoms with van der Waals surface area (Å²) < 4.78 is 25.6. The molecule has 0 radical (unpaired) electrons. The van der Waals surface area contributed by atoms with Crippen molar-refractivity contribution in [1.29, 1.82) is 4.78 Å². The van der Waals surface area contributed by atoms with Crippen molar-refractivity contribution in [3.05, 3.63) is 85.1 Å². The van der Waals surface area contributed by atoms with Crippen molar-refractivity contribution in [2.75, 3.05) is 41.9 Å². The molecule has 0 bridgehead atoms. The molecule has 1 aromatic heterocycles. The maximum atomic E-state index is 12.1. The van der Waals surface area contributed by atoms with Crippen molar-refractivity contribution < 1.29 is 8.95 Å². The van der Waals surface area contributed by atoms with Crippen LogP contribution in [-0.2, 0) is 9.73 Å². The first-order chi connectivity index (χ1) is 17.4. The van der Waals surface area contributed by atoms with E-state index in [2.05, 4.69) is 20.9 Å². The van der Waals surface area contributed by atoms with Gasteiger partial charge in [0.1, 0.15) is 11.6 Å². The lowest BCUT2D eigenvalue weighted by molar-refractivity contribution is 0.340. The summed E-state index contributed by atoms with van der Waals surface area (Å²) in [7, 11) is -2.82. The zero-order valence-corrected chi connectivity index (χ0v) is 21.1. The third-order valence-electron chi connectivity index (χ3n) is 5.33. The molecule has 1 atom stereocenters. The second-order valence-corrected chi connectivity index (χ2v) is 10.3. The molecule has 1 unspecified atom stereocenters. The molecule has 4 rings (SSSR count). The fourth-order valence-electron chi connectivity index (χ4n) is 3.57. The van der Waals surface area contributed by atoms with Gasteiger partial charge in [-0.2, -0.15) is 4.98 Å². The smallest absolute Gasteiger partial charge is 0.229 e. The first kappa shape index (κ1) is 25.0. The summed E-state index contributed by atoms with van der Waals surface area (Å²) in [5.41, 5.74) is 3.54. The van der Waals surface area contributed by atoms with Crippen LogP contribution >= 0.6 is 0 Å². The van der Waals surface area contributed by atoms with Gasteiger partial charge in [0.15, 0.2) is 0 Å². The number of ether oxygens (including phenoxy) is 1. The molecule has 9 heteroatoms. The van der Waals surface area contributed by atoms with Crippen molar-refractivity contribution in [2.45, 2.75) is 11.8 Å². The molecule has 36 heavy (non-hydrogen) atoms. The fraction of sp³-hybridized carbons (Fsp3) is 0.185. The third-order valence-corrected chi connectivity index (χ3v) is 6.48. The Morgan fingerprint density at radius 2 is 1.64 bits per heavy atom. The number of hydrogen-bond donors (Lipinski definition) is 4. The van der Waals surface area contributed by atoms with Crippen LogP contribution in [0.3, 0.4) is 0 Å². The second kappa shape index (κ2) is 11.5. The molecule has 186 valence electrons. The first-order valence-electron chi connectivity index (χ1n) is 11.7. The maximum Gasteiger partial charge on any atom is 0.229 e. The van der Waals surface area contributed by atoms with E-state index in [-0.39, 0.29) is 0 Å². The van der Waals surface area contributed by atoms with Crippen molar-refractivity contribution in [3.8, 4) is 16.9 Å². The van der Waals surface area contributed by atoms with E-state index in [1.165, 1.54) is 6.26 Å². The zero-order chi connectivity index (χ0) is 25.4. The standard InChI is InChI=1S/C27H30N6O2S/c1-3-35-23-14-12-20(13-15-23)25-19-31-27(32-22-10-7-11-24(18-22)36(2,28)34)33-26(25)30-17-16-29-21-8-5-4-6-9-21/h4-15,18-19,28-29H,3,16-17H2,1-2H3,(H2,30,31,32,33). The quantitative estimate of drug-likeness (QED) is 0.190. The lowest BCUT2D eigenvalue weighted by atomic mass is 10.1. The lowest BCUT2D eigenvalue weighted by Crippen LogP contribution is -2.15. The van der Waals surface area contributed by atoms with Gasteiger partial charge in [0.2, 0.25) is 5.95 Å². The highest BCUT2D eigenvalue weighted by Gasteiger charge is 2.11. The number of rotatable bonds is 11. The van der Waals surface area contributed by atoms with Crippen LogP contribution in [0, 0.1) is 4.78 Å². The van der Waals surface area contributed by atoms with Crippen LogP contribution in [0.5, 0.6) is 5.75 Å². The number of hydrogen-bond acceptors (Lipinski definition) is 8. The minimum absolute atomic E-state index is 0.396. The fourth-order valence-corrected chi connectivity index (χ4v) is 4.26. The van der Waals surface area contributed by atoms with Crippen LogP contribution in [0.25, 0.3) is 11.1 Å². The average Bonchev–Trinajstić information content (AvgIpc) is 2.88. The highest BCUT2D eigenvalue weighted by Crippen LogP contribution is 2.29. The van der Waals surface area contributed by atoms with Gasteiger partial charge < -0.3 is 20.7 Å². The SMILES string of the molecule is CCOc1ccc(-c2cnc(Nc3cccc(S(C)(=N)=O)c3)nc2NCCNc2ccccc2)cc1. The molecule has 0 aliphatic carbocycles. The molecule has 4 N–H and O–H groups in total. The lowest BCUT2D eigenvalue weighted by Gasteiger charge is -2.15. The highest BCUT2D eigenvalue weighted by molar-refractivity contribution is 7.91. The van der Waals surface area contributed by atoms with Gasteiger partial charge in [-0.3, -0.25) is 0 Å². The van der Waals surface area contributed by atoms with Crippen molar-refractivity contribution in [3.63, 3.8) is 0 Å². The van der Waals surface area contributed by atoms with Gasteiger partial charge in [-0.05, 0) is 55.0 Å². The molecular weight excluding hydrogens is 472 g/mol. The van der Waals surface area contributed by atoms with Crippen molar-refractivity contribution in [2.24, 2.45) is 0 Å². The minimum Gasteiger partial charge on any atom is -0.494 e. The van der Waals surface area contributed by atoms with E-state index in [0.717, 1.165) is 22.6 Å². The molecule has 3 aromatic carbocycles. The number of nitrogens with one attached hydrogen (secondary N) is 4. The van der Waals surface area contributed by atoms with Crippen molar-refractivity contribution in [1.82, 2.24) is 9.97 Å². The van der Waals surface area contributed by atoms with Crippen LogP contribution in [0.1, 0.15) is 6.92 Å². The molecule has 4 aromatic rings. The molecule has 0 aliphatic rings. The maximum absolute atomic E-state index is 12.1.